The fraction of sp³-hybridized carbons (Fsp3) is 0.933. The zero-order chi connectivity index (χ0) is 14.1. The highest BCUT2D eigenvalue weighted by Crippen LogP contribution is 2.05. The molecule has 0 aromatic rings. The molecule has 1 rings (SSSR count). The normalized spacial score (nSPS) is 18.6. The molecule has 0 bridgehead atoms. The van der Waals surface area contributed by atoms with Gasteiger partial charge in [0.1, 0.15) is 0 Å². The number of unbranched alkanes of at least 4 members (excludes halogenated alkanes) is 3. The molecule has 4 nitrogen and oxygen atoms in total. The van der Waals surface area contributed by atoms with E-state index >= 15 is 0 Å². The molecule has 1 unspecified atom stereocenters. The van der Waals surface area contributed by atoms with Gasteiger partial charge in [-0.2, -0.15) is 0 Å². The van der Waals surface area contributed by atoms with E-state index in [9.17, 15) is 4.79 Å². The van der Waals surface area contributed by atoms with Gasteiger partial charge in [0, 0.05) is 32.2 Å². The first kappa shape index (κ1) is 16.4. The molecule has 1 saturated heterocycles. The van der Waals surface area contributed by atoms with Gasteiger partial charge in [0.15, 0.2) is 0 Å². The van der Waals surface area contributed by atoms with Crippen molar-refractivity contribution in [3.63, 3.8) is 0 Å². The van der Waals surface area contributed by atoms with Gasteiger partial charge in [-0.25, -0.2) is 0 Å². The van der Waals surface area contributed by atoms with Gasteiger partial charge in [0.25, 0.3) is 0 Å². The molecule has 0 aliphatic carbocycles. The first-order chi connectivity index (χ1) is 9.13. The second kappa shape index (κ2) is 9.32. The molecule has 0 saturated carbocycles. The van der Waals surface area contributed by atoms with Gasteiger partial charge in [-0.3, -0.25) is 4.79 Å². The van der Waals surface area contributed by atoms with Crippen LogP contribution in [-0.2, 0) is 4.79 Å². The van der Waals surface area contributed by atoms with E-state index < -0.39 is 0 Å². The van der Waals surface area contributed by atoms with Crippen LogP contribution in [0.25, 0.3) is 0 Å². The summed E-state index contributed by atoms with van der Waals surface area (Å²) in [5.74, 6) is 0.258. The summed E-state index contributed by atoms with van der Waals surface area (Å²) in [7, 11) is 2.11. The van der Waals surface area contributed by atoms with Crippen molar-refractivity contribution in [1.82, 2.24) is 15.1 Å². The molecule has 0 spiro atoms. The van der Waals surface area contributed by atoms with E-state index in [0.717, 1.165) is 26.2 Å². The first-order valence-corrected chi connectivity index (χ1v) is 7.83. The lowest BCUT2D eigenvalue weighted by Gasteiger charge is -2.32. The highest BCUT2D eigenvalue weighted by atomic mass is 16.2. The molecular weight excluding hydrogens is 238 g/mol. The van der Waals surface area contributed by atoms with Crippen LogP contribution in [0.5, 0.6) is 0 Å². The Morgan fingerprint density at radius 3 is 2.47 bits per heavy atom. The highest BCUT2D eigenvalue weighted by Gasteiger charge is 2.18. The lowest BCUT2D eigenvalue weighted by molar-refractivity contribution is -0.131. The number of nitrogens with zero attached hydrogens (tertiary/aromatic N) is 2. The maximum absolute atomic E-state index is 12.0. The third-order valence-corrected chi connectivity index (χ3v) is 3.95. The van der Waals surface area contributed by atoms with E-state index in [1.54, 1.807) is 0 Å². The molecule has 1 aliphatic heterocycles. The molecule has 1 N–H and O–H groups in total. The predicted octanol–water partition coefficient (Wildman–Crippen LogP) is 1.71. The molecule has 1 atom stereocenters. The van der Waals surface area contributed by atoms with Crippen LogP contribution >= 0.6 is 0 Å². The van der Waals surface area contributed by atoms with Crippen molar-refractivity contribution >= 4 is 5.91 Å². The number of nitrogens with one attached hydrogen (secondary N) is 1. The summed E-state index contributed by atoms with van der Waals surface area (Å²) in [6.07, 6.45) is 6.37. The summed E-state index contributed by atoms with van der Waals surface area (Å²) in [4.78, 5) is 16.3. The minimum Gasteiger partial charge on any atom is -0.339 e. The molecule has 1 amide bonds. The van der Waals surface area contributed by atoms with Gasteiger partial charge < -0.3 is 15.1 Å². The third-order valence-electron chi connectivity index (χ3n) is 3.95. The number of carbonyl (C=O) groups is 1. The Balaban J connectivity index is 2.08. The Hall–Kier alpha value is -0.610. The van der Waals surface area contributed by atoms with Crippen LogP contribution in [0.4, 0.5) is 0 Å². The summed E-state index contributed by atoms with van der Waals surface area (Å²) in [6.45, 7) is 8.67. The zero-order valence-electron chi connectivity index (χ0n) is 13.0. The molecule has 0 radical (unpaired) electrons. The lowest BCUT2D eigenvalue weighted by Crippen LogP contribution is -2.50. The molecule has 0 aromatic carbocycles. The average molecular weight is 269 g/mol. The number of carbonyl (C=O) groups excluding carboxylic acids is 1. The molecule has 19 heavy (non-hydrogen) atoms. The van der Waals surface area contributed by atoms with Crippen LogP contribution in [0, 0.1) is 0 Å². The average Bonchev–Trinajstić information content (AvgIpc) is 2.42. The molecule has 4 heteroatoms. The lowest BCUT2D eigenvalue weighted by atomic mass is 10.1. The van der Waals surface area contributed by atoms with Gasteiger partial charge in [0.2, 0.25) is 5.91 Å². The van der Waals surface area contributed by atoms with Crippen molar-refractivity contribution < 1.29 is 4.79 Å². The van der Waals surface area contributed by atoms with Crippen molar-refractivity contribution in [1.29, 1.82) is 0 Å². The Morgan fingerprint density at radius 1 is 1.16 bits per heavy atom. The second-order valence-electron chi connectivity index (χ2n) is 5.82. The number of likely N-dealkylation sites (N-methyl/N-ethyl adjacent to an activating group) is 1. The molecule has 0 aromatic heterocycles. The Bertz CT molecular complexity index is 250. The second-order valence-corrected chi connectivity index (χ2v) is 5.82. The molecule has 1 fully saturated rings. The number of piperazine rings is 1. The van der Waals surface area contributed by atoms with E-state index in [4.69, 9.17) is 0 Å². The van der Waals surface area contributed by atoms with E-state index in [-0.39, 0.29) is 5.91 Å². The number of hydrogen-bond donors (Lipinski definition) is 1. The largest absolute Gasteiger partial charge is 0.339 e. The highest BCUT2D eigenvalue weighted by molar-refractivity contribution is 5.78. The van der Waals surface area contributed by atoms with E-state index in [1.807, 2.05) is 4.90 Å². The number of amides is 1. The van der Waals surface area contributed by atoms with Crippen LogP contribution in [0.2, 0.25) is 0 Å². The van der Waals surface area contributed by atoms with Crippen molar-refractivity contribution in [3.8, 4) is 0 Å². The van der Waals surface area contributed by atoms with Gasteiger partial charge in [0.05, 0.1) is 6.54 Å². The quantitative estimate of drug-likeness (QED) is 0.681. The Kier molecular flexibility index (Phi) is 8.07. The maximum Gasteiger partial charge on any atom is 0.236 e. The number of hydrogen-bond acceptors (Lipinski definition) is 3. The maximum atomic E-state index is 12.0. The smallest absolute Gasteiger partial charge is 0.236 e. The summed E-state index contributed by atoms with van der Waals surface area (Å²) >= 11 is 0. The molecular formula is C15H31N3O. The third kappa shape index (κ3) is 6.92. The van der Waals surface area contributed by atoms with Gasteiger partial charge in [-0.1, -0.05) is 32.6 Å². The van der Waals surface area contributed by atoms with Crippen molar-refractivity contribution in [2.75, 3.05) is 39.8 Å². The van der Waals surface area contributed by atoms with Gasteiger partial charge in [-0.15, -0.1) is 0 Å². The van der Waals surface area contributed by atoms with Crippen LogP contribution < -0.4 is 5.32 Å². The summed E-state index contributed by atoms with van der Waals surface area (Å²) in [5, 5.41) is 3.36. The fourth-order valence-corrected chi connectivity index (χ4v) is 2.41. The van der Waals surface area contributed by atoms with Gasteiger partial charge in [-0.05, 0) is 20.4 Å². The minimum atomic E-state index is 0.258. The van der Waals surface area contributed by atoms with Crippen LogP contribution in [-0.4, -0.2) is 61.5 Å². The molecule has 1 heterocycles. The Labute approximate surface area is 118 Å². The van der Waals surface area contributed by atoms with Crippen LogP contribution in [0.1, 0.15) is 46.0 Å². The summed E-state index contributed by atoms with van der Waals surface area (Å²) in [6, 6.07) is 0.452. The predicted molar refractivity (Wildman–Crippen MR) is 80.3 cm³/mol. The summed E-state index contributed by atoms with van der Waals surface area (Å²) < 4.78 is 0. The van der Waals surface area contributed by atoms with Crippen LogP contribution in [0.3, 0.4) is 0 Å². The molecule has 1 aliphatic rings. The Morgan fingerprint density at radius 2 is 1.84 bits per heavy atom. The van der Waals surface area contributed by atoms with Gasteiger partial charge >= 0.3 is 0 Å². The van der Waals surface area contributed by atoms with Crippen molar-refractivity contribution in [2.24, 2.45) is 0 Å². The van der Waals surface area contributed by atoms with Crippen molar-refractivity contribution in [2.45, 2.75) is 52.0 Å². The topological polar surface area (TPSA) is 35.6 Å². The SMILES string of the molecule is CCCCCCC(C)NCC(=O)N1CCN(C)CC1. The van der Waals surface area contributed by atoms with E-state index in [0.29, 0.717) is 12.6 Å². The monoisotopic (exact) mass is 269 g/mol. The minimum absolute atomic E-state index is 0.258. The first-order valence-electron chi connectivity index (χ1n) is 7.83. The summed E-state index contributed by atoms with van der Waals surface area (Å²) in [5.41, 5.74) is 0. The fourth-order valence-electron chi connectivity index (χ4n) is 2.41. The standard InChI is InChI=1S/C15H31N3O/c1-4-5-6-7-8-14(2)16-13-15(19)18-11-9-17(3)10-12-18/h14,16H,4-13H2,1-3H3. The van der Waals surface area contributed by atoms with Crippen molar-refractivity contribution in [3.05, 3.63) is 0 Å². The van der Waals surface area contributed by atoms with E-state index in [1.165, 1.54) is 32.1 Å². The van der Waals surface area contributed by atoms with Crippen LogP contribution in [0.15, 0.2) is 0 Å². The number of rotatable bonds is 8. The molecule has 112 valence electrons. The zero-order valence-corrected chi connectivity index (χ0v) is 13.0. The van der Waals surface area contributed by atoms with E-state index in [2.05, 4.69) is 31.1 Å².